The van der Waals surface area contributed by atoms with Crippen molar-refractivity contribution in [3.8, 4) is 0 Å². The highest BCUT2D eigenvalue weighted by Crippen LogP contribution is 2.25. The molecule has 3 N–H and O–H groups in total. The first kappa shape index (κ1) is 16.6. The molecule has 2 rings (SSSR count). The molecule has 1 unspecified atom stereocenters. The van der Waals surface area contributed by atoms with Gasteiger partial charge in [-0.3, -0.25) is 0 Å². The van der Waals surface area contributed by atoms with Crippen molar-refractivity contribution >= 4 is 29.2 Å². The summed E-state index contributed by atoms with van der Waals surface area (Å²) in [4.78, 5) is 8.35. The van der Waals surface area contributed by atoms with Crippen LogP contribution in [0, 0.1) is 0 Å². The summed E-state index contributed by atoms with van der Waals surface area (Å²) < 4.78 is 5.47. The van der Waals surface area contributed by atoms with E-state index in [4.69, 9.17) is 33.4 Å². The molecule has 7 heteroatoms. The van der Waals surface area contributed by atoms with Gasteiger partial charge < -0.3 is 15.5 Å². The summed E-state index contributed by atoms with van der Waals surface area (Å²) in [6.45, 7) is 4.26. The number of oxazole rings is 1. The number of rotatable bonds is 5. The Morgan fingerprint density at radius 3 is 2.86 bits per heavy atom. The third-order valence-corrected chi connectivity index (χ3v) is 3.66. The van der Waals surface area contributed by atoms with E-state index >= 15 is 0 Å². The number of hydrogen-bond acceptors (Lipinski definition) is 3. The highest BCUT2D eigenvalue weighted by Gasteiger charge is 2.10. The van der Waals surface area contributed by atoms with E-state index in [0.29, 0.717) is 34.2 Å². The monoisotopic (exact) mass is 340 g/mol. The zero-order valence-corrected chi connectivity index (χ0v) is 13.9. The normalized spacial score (nSPS) is 13.2. The van der Waals surface area contributed by atoms with E-state index in [9.17, 15) is 0 Å². The molecule has 0 spiro atoms. The van der Waals surface area contributed by atoms with Crippen molar-refractivity contribution in [3.63, 3.8) is 0 Å². The largest absolute Gasteiger partial charge is 0.444 e. The van der Waals surface area contributed by atoms with Gasteiger partial charge in [0, 0.05) is 16.5 Å². The summed E-state index contributed by atoms with van der Waals surface area (Å²) in [5.41, 5.74) is 6.79. The van der Waals surface area contributed by atoms with E-state index in [1.807, 2.05) is 19.9 Å². The summed E-state index contributed by atoms with van der Waals surface area (Å²) in [7, 11) is 0. The smallest absolute Gasteiger partial charge is 0.194 e. The van der Waals surface area contributed by atoms with Crippen molar-refractivity contribution in [2.45, 2.75) is 32.9 Å². The highest BCUT2D eigenvalue weighted by atomic mass is 35.5. The summed E-state index contributed by atoms with van der Waals surface area (Å²) >= 11 is 12.1. The number of guanidine groups is 1. The summed E-state index contributed by atoms with van der Waals surface area (Å²) in [5, 5.41) is 4.27. The zero-order chi connectivity index (χ0) is 16.1. The number of nitrogens with two attached hydrogens (primary N) is 1. The minimum Gasteiger partial charge on any atom is -0.444 e. The van der Waals surface area contributed by atoms with Crippen LogP contribution in [0.5, 0.6) is 0 Å². The van der Waals surface area contributed by atoms with Gasteiger partial charge in [0.15, 0.2) is 11.9 Å². The van der Waals surface area contributed by atoms with Crippen molar-refractivity contribution in [2.75, 3.05) is 0 Å². The van der Waals surface area contributed by atoms with Gasteiger partial charge in [-0.25, -0.2) is 9.98 Å². The lowest BCUT2D eigenvalue weighted by Gasteiger charge is -2.16. The van der Waals surface area contributed by atoms with Crippen molar-refractivity contribution < 1.29 is 4.42 Å². The first-order chi connectivity index (χ1) is 10.5. The Morgan fingerprint density at radius 2 is 2.23 bits per heavy atom. The van der Waals surface area contributed by atoms with Crippen molar-refractivity contribution in [1.29, 1.82) is 0 Å². The fraction of sp³-hybridized carbons (Fsp3) is 0.333. The van der Waals surface area contributed by atoms with Crippen LogP contribution in [0.3, 0.4) is 0 Å². The zero-order valence-electron chi connectivity index (χ0n) is 12.4. The number of nitrogens with zero attached hydrogens (tertiary/aromatic N) is 2. The third-order valence-electron chi connectivity index (χ3n) is 3.10. The van der Waals surface area contributed by atoms with Gasteiger partial charge in [-0.2, -0.15) is 0 Å². The van der Waals surface area contributed by atoms with Crippen LogP contribution in [0.1, 0.15) is 37.1 Å². The highest BCUT2D eigenvalue weighted by molar-refractivity contribution is 6.35. The average molecular weight is 341 g/mol. The predicted molar refractivity (Wildman–Crippen MR) is 89.2 cm³/mol. The van der Waals surface area contributed by atoms with Crippen LogP contribution in [0.4, 0.5) is 0 Å². The first-order valence-corrected chi connectivity index (χ1v) is 7.70. The molecule has 0 bridgehead atoms. The van der Waals surface area contributed by atoms with Gasteiger partial charge >= 0.3 is 0 Å². The van der Waals surface area contributed by atoms with Crippen LogP contribution in [-0.2, 0) is 13.0 Å². The maximum Gasteiger partial charge on any atom is 0.194 e. The van der Waals surface area contributed by atoms with Gasteiger partial charge in [0.2, 0.25) is 0 Å². The van der Waals surface area contributed by atoms with E-state index in [1.54, 1.807) is 18.3 Å². The number of halogens is 2. The van der Waals surface area contributed by atoms with Gasteiger partial charge in [0.05, 0.1) is 12.2 Å². The van der Waals surface area contributed by atoms with Gasteiger partial charge in [0.1, 0.15) is 12.3 Å². The minimum absolute atomic E-state index is 0.0885. The van der Waals surface area contributed by atoms with Crippen LogP contribution in [0.15, 0.2) is 33.8 Å². The van der Waals surface area contributed by atoms with Crippen molar-refractivity contribution in [2.24, 2.45) is 10.7 Å². The molecule has 0 fully saturated rings. The third kappa shape index (κ3) is 4.39. The Labute approximate surface area is 139 Å². The van der Waals surface area contributed by atoms with Crippen LogP contribution < -0.4 is 11.1 Å². The van der Waals surface area contributed by atoms with Gasteiger partial charge in [-0.1, -0.05) is 36.2 Å². The second-order valence-electron chi connectivity index (χ2n) is 4.81. The van der Waals surface area contributed by atoms with Gasteiger partial charge in [-0.05, 0) is 24.6 Å². The summed E-state index contributed by atoms with van der Waals surface area (Å²) in [6.07, 6.45) is 2.42. The molecule has 0 saturated heterocycles. The number of aliphatic imine (C=N–C) groups is 1. The summed E-state index contributed by atoms with van der Waals surface area (Å²) in [5.74, 6) is 1.68. The molecule has 22 heavy (non-hydrogen) atoms. The van der Waals surface area contributed by atoms with Crippen LogP contribution in [-0.4, -0.2) is 10.9 Å². The Kier molecular flexibility index (Phi) is 5.69. The average Bonchev–Trinajstić information content (AvgIpc) is 2.93. The lowest BCUT2D eigenvalue weighted by molar-refractivity contribution is 0.461. The molecule has 1 aromatic heterocycles. The number of aryl methyl sites for hydroxylation is 1. The second kappa shape index (κ2) is 7.51. The number of aromatic nitrogens is 1. The maximum absolute atomic E-state index is 6.17. The Morgan fingerprint density at radius 1 is 1.45 bits per heavy atom. The van der Waals surface area contributed by atoms with E-state index in [1.165, 1.54) is 0 Å². The van der Waals surface area contributed by atoms with Gasteiger partial charge in [-0.15, -0.1) is 0 Å². The predicted octanol–water partition coefficient (Wildman–Crippen LogP) is 3.71. The molecule has 1 atom stereocenters. The minimum atomic E-state index is -0.0885. The Bertz CT molecular complexity index is 669. The molecule has 118 valence electrons. The summed E-state index contributed by atoms with van der Waals surface area (Å²) in [6, 6.07) is 5.26. The van der Waals surface area contributed by atoms with E-state index in [0.717, 1.165) is 12.0 Å². The molecule has 1 aromatic carbocycles. The fourth-order valence-corrected chi connectivity index (χ4v) is 2.52. The molecule has 0 amide bonds. The molecule has 0 aliphatic carbocycles. The number of nitrogens with one attached hydrogen (secondary N) is 1. The lowest BCUT2D eigenvalue weighted by Crippen LogP contribution is -2.33. The molecular formula is C15H18Cl2N4O. The van der Waals surface area contributed by atoms with Crippen molar-refractivity contribution in [1.82, 2.24) is 10.3 Å². The Balaban J connectivity index is 1.97. The van der Waals surface area contributed by atoms with Gasteiger partial charge in [0.25, 0.3) is 0 Å². The molecule has 5 nitrogen and oxygen atoms in total. The molecule has 2 aromatic rings. The SMILES string of the molecule is CCc1ncc(CN=C(N)NC(C)c2ccc(Cl)cc2Cl)o1. The molecule has 0 saturated carbocycles. The number of hydrogen-bond donors (Lipinski definition) is 2. The standard InChI is InChI=1S/C15H18Cl2N4O/c1-3-14-19-7-11(22-14)8-20-15(18)21-9(2)12-5-4-10(16)6-13(12)17/h4-7,9H,3,8H2,1-2H3,(H3,18,20,21). The van der Waals surface area contributed by atoms with Crippen LogP contribution in [0.25, 0.3) is 0 Å². The fourth-order valence-electron chi connectivity index (χ4n) is 1.95. The molecule has 1 heterocycles. The number of benzene rings is 1. The van der Waals surface area contributed by atoms with E-state index < -0.39 is 0 Å². The topological polar surface area (TPSA) is 76.4 Å². The second-order valence-corrected chi connectivity index (χ2v) is 5.65. The van der Waals surface area contributed by atoms with Crippen LogP contribution >= 0.6 is 23.2 Å². The Hall–Kier alpha value is -1.72. The van der Waals surface area contributed by atoms with Crippen LogP contribution in [0.2, 0.25) is 10.0 Å². The molecule has 0 aliphatic rings. The van der Waals surface area contributed by atoms with E-state index in [-0.39, 0.29) is 6.04 Å². The molecular weight excluding hydrogens is 323 g/mol. The van der Waals surface area contributed by atoms with Crippen molar-refractivity contribution in [3.05, 3.63) is 51.7 Å². The molecule has 0 aliphatic heterocycles. The van der Waals surface area contributed by atoms with E-state index in [2.05, 4.69) is 15.3 Å². The quantitative estimate of drug-likeness (QED) is 0.642. The lowest BCUT2D eigenvalue weighted by atomic mass is 10.1. The first-order valence-electron chi connectivity index (χ1n) is 6.94. The maximum atomic E-state index is 6.17. The molecule has 0 radical (unpaired) electrons.